The number of nitrogens with zero attached hydrogens (tertiary/aromatic N) is 3. The van der Waals surface area contributed by atoms with Crippen LogP contribution in [-0.2, 0) is 79.8 Å². The molecule has 3 atom stereocenters. The SMILES string of the molecule is C1CCCC1.[CH-]=CC(=[CH-])C(=O)OCC(CC)Nc1ccc(-c2nc(-c3ccc(NC(CC)COC(=O)C4CCCC4)cc3)nc(-c3ccc(NC(CC)COC(=O)C4CCCC4)cc3)n2)cc1.[CH-]=CC=[CH-].[CH-]=CC=[CH-].[Fe+2].[Fe+2].[Fe+2]. The molecule has 1 heterocycles. The standard InChI is InChI=1S/C50H60N6O6.C5H10.2C4H4.3Fe/c1-6-33(5)48(57)60-30-39(7-2)51-42-24-18-34(19-25-42)45-54-46(35-20-26-43(27-21-35)52-40(8-3)31-61-49(58)37-14-10-11-15-37)56-47(55-45)36-22-28-44(29-23-36)53-41(9-4)32-62-50(59)38-16-12-13-17-38;1-2-4-5-3-1;2*1-3-4-2;;;/h1,5-6,18-29,37-41,51-53H,7-17,30-32H2,2-4H3;1-5H2;2*1-4H;;;/q-2;;2*-2;3*+2. The molecule has 4 aromatic rings. The van der Waals surface area contributed by atoms with Crippen LogP contribution in [0.4, 0.5) is 17.1 Å². The van der Waals surface area contributed by atoms with Crippen molar-refractivity contribution in [1.82, 2.24) is 15.0 Å². The van der Waals surface area contributed by atoms with Crippen molar-refractivity contribution in [2.24, 2.45) is 11.8 Å². The van der Waals surface area contributed by atoms with Gasteiger partial charge in [-0.3, -0.25) is 15.2 Å². The molecule has 3 aliphatic carbocycles. The zero-order valence-corrected chi connectivity index (χ0v) is 48.8. The third kappa shape index (κ3) is 25.1. The van der Waals surface area contributed by atoms with Crippen LogP contribution in [0.15, 0.2) is 109 Å². The number of esters is 3. The molecule has 3 aliphatic rings. The smallest absolute Gasteiger partial charge is 0.530 e. The molecule has 0 spiro atoms. The second-order valence-corrected chi connectivity index (χ2v) is 18.8. The Morgan fingerprint density at radius 3 is 0.987 bits per heavy atom. The van der Waals surface area contributed by atoms with E-state index < -0.39 is 5.97 Å². The quantitative estimate of drug-likeness (QED) is 0.0153. The number of hydrogen-bond acceptors (Lipinski definition) is 12. The molecule has 78 heavy (non-hydrogen) atoms. The molecule has 420 valence electrons. The molecule has 1 aromatic heterocycles. The summed E-state index contributed by atoms with van der Waals surface area (Å²) >= 11 is 0. The maximum atomic E-state index is 12.6. The number of carbonyl (C=O) groups excluding carboxylic acids is 3. The van der Waals surface area contributed by atoms with Crippen LogP contribution in [0, 0.1) is 51.3 Å². The van der Waals surface area contributed by atoms with Crippen LogP contribution in [0.1, 0.15) is 124 Å². The number of anilines is 3. The minimum absolute atomic E-state index is 0. The fraction of sp³-hybridized carbons (Fsp3) is 0.429. The van der Waals surface area contributed by atoms with E-state index in [1.165, 1.54) is 56.4 Å². The Bertz CT molecular complexity index is 2280. The molecular weight excluding hydrogens is 1100 g/mol. The summed E-state index contributed by atoms with van der Waals surface area (Å²) in [6.45, 7) is 36.7. The van der Waals surface area contributed by atoms with Crippen molar-refractivity contribution in [3.63, 3.8) is 0 Å². The number of rotatable bonds is 24. The molecule has 3 saturated carbocycles. The van der Waals surface area contributed by atoms with Crippen molar-refractivity contribution in [2.75, 3.05) is 35.8 Å². The number of benzene rings is 3. The molecule has 12 nitrogen and oxygen atoms in total. The van der Waals surface area contributed by atoms with Crippen LogP contribution in [0.3, 0.4) is 0 Å². The Labute approximate surface area is 498 Å². The van der Waals surface area contributed by atoms with Gasteiger partial charge in [-0.15, -0.1) is 0 Å². The molecule has 3 N–H and O–H groups in total. The Morgan fingerprint density at radius 2 is 0.744 bits per heavy atom. The van der Waals surface area contributed by atoms with Crippen molar-refractivity contribution in [2.45, 2.75) is 142 Å². The molecule has 3 fully saturated rings. The number of nitrogens with one attached hydrogen (secondary N) is 3. The Kier molecular flexibility index (Phi) is 36.7. The number of aromatic nitrogens is 3. The Morgan fingerprint density at radius 1 is 0.474 bits per heavy atom. The molecule has 7 rings (SSSR count). The average Bonchev–Trinajstić information content (AvgIpc) is 4.32. The predicted octanol–water partition coefficient (Wildman–Crippen LogP) is 13.7. The summed E-state index contributed by atoms with van der Waals surface area (Å²) in [7, 11) is 0. The maximum Gasteiger partial charge on any atom is 2.00 e. The molecule has 3 unspecified atom stereocenters. The van der Waals surface area contributed by atoms with Gasteiger partial charge in [0.15, 0.2) is 17.5 Å². The first kappa shape index (κ1) is 70.5. The Hall–Kier alpha value is -5.52. The maximum absolute atomic E-state index is 12.6. The van der Waals surface area contributed by atoms with E-state index in [1.807, 2.05) is 79.7 Å². The summed E-state index contributed by atoms with van der Waals surface area (Å²) in [6.07, 6.45) is 23.9. The van der Waals surface area contributed by atoms with Crippen molar-refractivity contribution in [1.29, 1.82) is 0 Å². The van der Waals surface area contributed by atoms with Gasteiger partial charge < -0.3 is 105 Å². The van der Waals surface area contributed by atoms with Gasteiger partial charge in [0.1, 0.15) is 19.2 Å². The fourth-order valence-electron chi connectivity index (χ4n) is 8.54. The van der Waals surface area contributed by atoms with Crippen LogP contribution in [0.5, 0.6) is 0 Å². The number of carbonyl (C=O) groups is 3. The van der Waals surface area contributed by atoms with E-state index in [0.717, 1.165) is 104 Å². The normalized spacial score (nSPS) is 14.4. The summed E-state index contributed by atoms with van der Waals surface area (Å²) < 4.78 is 16.7. The van der Waals surface area contributed by atoms with Gasteiger partial charge in [-0.25, -0.2) is 15.0 Å². The molecule has 3 aromatic carbocycles. The monoisotopic (exact) mass is 1180 g/mol. The third-order valence-electron chi connectivity index (χ3n) is 13.2. The Balaban J connectivity index is 0.00000169. The van der Waals surface area contributed by atoms with Gasteiger partial charge in [0.05, 0.1) is 36.6 Å². The van der Waals surface area contributed by atoms with E-state index in [4.69, 9.17) is 68.6 Å². The molecular formula is C63H78Fe3N6O6. The molecule has 15 heteroatoms. The summed E-state index contributed by atoms with van der Waals surface area (Å²) in [5.74, 6) is 0.727. The minimum Gasteiger partial charge on any atom is -0.530 e. The van der Waals surface area contributed by atoms with Crippen molar-refractivity contribution in [3.05, 3.63) is 148 Å². The van der Waals surface area contributed by atoms with Crippen molar-refractivity contribution in [3.8, 4) is 34.2 Å². The zero-order valence-electron chi connectivity index (χ0n) is 45.5. The van der Waals surface area contributed by atoms with Crippen LogP contribution in [0.2, 0.25) is 0 Å². The number of ether oxygens (including phenoxy) is 3. The molecule has 0 amide bonds. The minimum atomic E-state index is -0.661. The predicted molar refractivity (Wildman–Crippen MR) is 301 cm³/mol. The van der Waals surface area contributed by atoms with E-state index in [9.17, 15) is 14.4 Å². The van der Waals surface area contributed by atoms with Crippen molar-refractivity contribution < 1.29 is 79.8 Å². The molecule has 0 aliphatic heterocycles. The fourth-order valence-corrected chi connectivity index (χ4v) is 8.54. The van der Waals surface area contributed by atoms with Gasteiger partial charge in [0.2, 0.25) is 0 Å². The topological polar surface area (TPSA) is 154 Å². The second kappa shape index (κ2) is 40.6. The van der Waals surface area contributed by atoms with Gasteiger partial charge in [0, 0.05) is 33.8 Å². The first-order chi connectivity index (χ1) is 36.5. The van der Waals surface area contributed by atoms with Gasteiger partial charge in [-0.2, -0.15) is 0 Å². The van der Waals surface area contributed by atoms with E-state index in [-0.39, 0.29) is 105 Å². The first-order valence-electron chi connectivity index (χ1n) is 26.7. The molecule has 0 bridgehead atoms. The van der Waals surface area contributed by atoms with Crippen molar-refractivity contribution >= 4 is 35.0 Å². The molecule has 0 radical (unpaired) electrons. The van der Waals surface area contributed by atoms with Gasteiger partial charge in [-0.05, 0) is 118 Å². The number of allylic oxidation sites excluding steroid dienone is 4. The van der Waals surface area contributed by atoms with Gasteiger partial charge in [-0.1, -0.05) is 78.6 Å². The summed E-state index contributed by atoms with van der Waals surface area (Å²) in [6, 6.07) is 23.4. The zero-order chi connectivity index (χ0) is 54.2. The van der Waals surface area contributed by atoms with Gasteiger partial charge >= 0.3 is 63.1 Å². The molecule has 0 saturated heterocycles. The van der Waals surface area contributed by atoms with Crippen LogP contribution in [0.25, 0.3) is 34.2 Å². The second-order valence-electron chi connectivity index (χ2n) is 18.8. The van der Waals surface area contributed by atoms with Gasteiger partial charge in [0.25, 0.3) is 0 Å². The van der Waals surface area contributed by atoms with E-state index in [1.54, 1.807) is 0 Å². The van der Waals surface area contributed by atoms with E-state index >= 15 is 0 Å². The largest absolute Gasteiger partial charge is 2.00 e. The number of hydrogen-bond donors (Lipinski definition) is 3. The summed E-state index contributed by atoms with van der Waals surface area (Å²) in [4.78, 5) is 52.0. The summed E-state index contributed by atoms with van der Waals surface area (Å²) in [5.41, 5.74) is 4.89. The third-order valence-corrected chi connectivity index (χ3v) is 13.2. The first-order valence-corrected chi connectivity index (χ1v) is 26.7. The van der Waals surface area contributed by atoms with E-state index in [0.29, 0.717) is 37.1 Å². The summed E-state index contributed by atoms with van der Waals surface area (Å²) in [5, 5.41) is 10.4. The van der Waals surface area contributed by atoms with Crippen LogP contribution >= 0.6 is 0 Å². The average molecular weight is 1180 g/mol. The van der Waals surface area contributed by atoms with Crippen LogP contribution in [-0.4, -0.2) is 70.8 Å². The van der Waals surface area contributed by atoms with E-state index in [2.05, 4.69) is 29.8 Å². The van der Waals surface area contributed by atoms with Crippen LogP contribution < -0.4 is 16.0 Å².